The van der Waals surface area contributed by atoms with Crippen LogP contribution >= 0.6 is 11.6 Å². The van der Waals surface area contributed by atoms with E-state index in [1.165, 1.54) is 0 Å². The summed E-state index contributed by atoms with van der Waals surface area (Å²) < 4.78 is 24.8. The van der Waals surface area contributed by atoms with Crippen LogP contribution in [0.25, 0.3) is 0 Å². The van der Waals surface area contributed by atoms with Gasteiger partial charge in [0.1, 0.15) is 0 Å². The lowest BCUT2D eigenvalue weighted by atomic mass is 10.3. The van der Waals surface area contributed by atoms with Crippen LogP contribution in [0.3, 0.4) is 0 Å². The quantitative estimate of drug-likeness (QED) is 0.749. The van der Waals surface area contributed by atoms with Crippen LogP contribution in [-0.4, -0.2) is 30.2 Å². The Morgan fingerprint density at radius 2 is 2.36 bits per heavy atom. The van der Waals surface area contributed by atoms with Crippen molar-refractivity contribution in [2.45, 2.75) is 13.3 Å². The summed E-state index contributed by atoms with van der Waals surface area (Å²) in [4.78, 5) is 0. The Labute approximate surface area is 87.9 Å². The number of aryl methyl sites for hydroxylation is 1. The first-order valence-electron chi connectivity index (χ1n) is 4.18. The Balaban J connectivity index is 2.69. The van der Waals surface area contributed by atoms with Crippen molar-refractivity contribution in [2.24, 2.45) is 0 Å². The fourth-order valence-corrected chi connectivity index (χ4v) is 2.24. The van der Waals surface area contributed by atoms with Gasteiger partial charge in [-0.2, -0.15) is 5.10 Å². The smallest absolute Gasteiger partial charge is 0.235 e. The molecule has 0 aliphatic carbocycles. The van der Waals surface area contributed by atoms with Gasteiger partial charge in [-0.15, -0.1) is 11.6 Å². The van der Waals surface area contributed by atoms with E-state index in [2.05, 4.69) is 14.9 Å². The third kappa shape index (κ3) is 3.19. The zero-order chi connectivity index (χ0) is 10.6. The molecule has 1 heterocycles. The highest BCUT2D eigenvalue weighted by molar-refractivity contribution is 7.92. The second-order valence-corrected chi connectivity index (χ2v) is 4.96. The predicted molar refractivity (Wildman–Crippen MR) is 56.1 cm³/mol. The van der Waals surface area contributed by atoms with E-state index in [1.807, 2.05) is 6.92 Å². The Morgan fingerprint density at radius 1 is 1.64 bits per heavy atom. The number of nitrogens with zero attached hydrogens (tertiary/aromatic N) is 1. The number of aromatic amines is 1. The molecule has 0 fully saturated rings. The Morgan fingerprint density at radius 3 is 2.86 bits per heavy atom. The molecular formula is C7H12ClN3O2S. The van der Waals surface area contributed by atoms with Crippen molar-refractivity contribution >= 4 is 27.4 Å². The molecule has 0 spiro atoms. The van der Waals surface area contributed by atoms with Crippen LogP contribution in [0.1, 0.15) is 12.6 Å². The highest BCUT2D eigenvalue weighted by Gasteiger charge is 2.10. The van der Waals surface area contributed by atoms with Crippen molar-refractivity contribution in [3.63, 3.8) is 0 Å². The summed E-state index contributed by atoms with van der Waals surface area (Å²) in [7, 11) is -3.34. The minimum absolute atomic E-state index is 0.0698. The van der Waals surface area contributed by atoms with Crippen LogP contribution in [0.2, 0.25) is 0 Å². The fourth-order valence-electron chi connectivity index (χ4n) is 0.907. The second kappa shape index (κ2) is 4.65. The van der Waals surface area contributed by atoms with Gasteiger partial charge in [0, 0.05) is 17.6 Å². The molecule has 0 amide bonds. The molecule has 0 unspecified atom stereocenters. The average Bonchev–Trinajstić information content (AvgIpc) is 2.51. The number of hydrogen-bond acceptors (Lipinski definition) is 3. The SMILES string of the molecule is CCc1cc(NS(=O)(=O)CCCl)n[nH]1. The minimum atomic E-state index is -3.34. The molecule has 0 aliphatic rings. The average molecular weight is 238 g/mol. The number of halogens is 1. The highest BCUT2D eigenvalue weighted by atomic mass is 35.5. The summed E-state index contributed by atoms with van der Waals surface area (Å²) in [5, 5.41) is 6.51. The molecule has 5 nitrogen and oxygen atoms in total. The molecule has 0 radical (unpaired) electrons. The van der Waals surface area contributed by atoms with Crippen LogP contribution < -0.4 is 4.72 Å². The molecule has 0 aromatic carbocycles. The first-order chi connectivity index (χ1) is 6.57. The van der Waals surface area contributed by atoms with Gasteiger partial charge in [-0.1, -0.05) is 6.92 Å². The lowest BCUT2D eigenvalue weighted by molar-refractivity contribution is 0.602. The van der Waals surface area contributed by atoms with E-state index < -0.39 is 10.0 Å². The Hall–Kier alpha value is -0.750. The monoisotopic (exact) mass is 237 g/mol. The number of sulfonamides is 1. The van der Waals surface area contributed by atoms with E-state index in [0.29, 0.717) is 5.82 Å². The van der Waals surface area contributed by atoms with Gasteiger partial charge >= 0.3 is 0 Å². The van der Waals surface area contributed by atoms with Crippen molar-refractivity contribution < 1.29 is 8.42 Å². The minimum Gasteiger partial charge on any atom is -0.280 e. The van der Waals surface area contributed by atoms with Crippen molar-refractivity contribution in [3.05, 3.63) is 11.8 Å². The summed E-state index contributed by atoms with van der Waals surface area (Å²) in [6.45, 7) is 1.95. The molecule has 0 atom stereocenters. The zero-order valence-corrected chi connectivity index (χ0v) is 9.32. The topological polar surface area (TPSA) is 74.8 Å². The molecule has 0 saturated carbocycles. The Bertz CT molecular complexity index is 387. The molecule has 14 heavy (non-hydrogen) atoms. The van der Waals surface area contributed by atoms with Gasteiger partial charge in [0.25, 0.3) is 0 Å². The largest absolute Gasteiger partial charge is 0.280 e. The van der Waals surface area contributed by atoms with Crippen LogP contribution in [0, 0.1) is 0 Å². The molecule has 2 N–H and O–H groups in total. The van der Waals surface area contributed by atoms with Gasteiger partial charge in [0.15, 0.2) is 5.82 Å². The van der Waals surface area contributed by atoms with Crippen LogP contribution in [-0.2, 0) is 16.4 Å². The van der Waals surface area contributed by atoms with E-state index in [9.17, 15) is 8.42 Å². The zero-order valence-electron chi connectivity index (χ0n) is 7.75. The Kier molecular flexibility index (Phi) is 3.77. The standard InChI is InChI=1S/C7H12ClN3O2S/c1-2-6-5-7(10-9-6)11-14(12,13)4-3-8/h5H,2-4H2,1H3,(H2,9,10,11). The molecule has 1 aromatic rings. The lowest BCUT2D eigenvalue weighted by Gasteiger charge is -2.01. The molecule has 7 heteroatoms. The summed E-state index contributed by atoms with van der Waals surface area (Å²) in [6.07, 6.45) is 0.782. The second-order valence-electron chi connectivity index (χ2n) is 2.74. The maximum Gasteiger partial charge on any atom is 0.235 e. The van der Waals surface area contributed by atoms with Gasteiger partial charge < -0.3 is 0 Å². The summed E-state index contributed by atoms with van der Waals surface area (Å²) in [6, 6.07) is 1.66. The van der Waals surface area contributed by atoms with Crippen LogP contribution in [0.5, 0.6) is 0 Å². The number of aromatic nitrogens is 2. The molecule has 0 aliphatic heterocycles. The van der Waals surface area contributed by atoms with E-state index in [-0.39, 0.29) is 11.6 Å². The van der Waals surface area contributed by atoms with Crippen molar-refractivity contribution in [1.82, 2.24) is 10.2 Å². The number of anilines is 1. The number of hydrogen-bond donors (Lipinski definition) is 2. The maximum atomic E-state index is 11.2. The predicted octanol–water partition coefficient (Wildman–Crippen LogP) is 0.953. The van der Waals surface area contributed by atoms with Crippen LogP contribution in [0.15, 0.2) is 6.07 Å². The van der Waals surface area contributed by atoms with Crippen molar-refractivity contribution in [1.29, 1.82) is 0 Å². The maximum absolute atomic E-state index is 11.2. The number of H-pyrrole nitrogens is 1. The number of rotatable bonds is 5. The molecular weight excluding hydrogens is 226 g/mol. The summed E-state index contributed by atoms with van der Waals surface area (Å²) in [5.41, 5.74) is 0.883. The normalized spacial score (nSPS) is 11.6. The van der Waals surface area contributed by atoms with E-state index in [4.69, 9.17) is 11.6 Å². The van der Waals surface area contributed by atoms with Gasteiger partial charge in [0.05, 0.1) is 5.75 Å². The lowest BCUT2D eigenvalue weighted by Crippen LogP contribution is -2.17. The van der Waals surface area contributed by atoms with Gasteiger partial charge in [-0.05, 0) is 6.42 Å². The van der Waals surface area contributed by atoms with Gasteiger partial charge in [0.2, 0.25) is 10.0 Å². The van der Waals surface area contributed by atoms with Gasteiger partial charge in [-0.3, -0.25) is 9.82 Å². The summed E-state index contributed by atoms with van der Waals surface area (Å²) >= 11 is 5.34. The van der Waals surface area contributed by atoms with Crippen LogP contribution in [0.4, 0.5) is 5.82 Å². The van der Waals surface area contributed by atoms with Gasteiger partial charge in [-0.25, -0.2) is 8.42 Å². The number of nitrogens with one attached hydrogen (secondary N) is 2. The molecule has 80 valence electrons. The fraction of sp³-hybridized carbons (Fsp3) is 0.571. The van der Waals surface area contributed by atoms with Crippen molar-refractivity contribution in [2.75, 3.05) is 16.4 Å². The molecule has 1 aromatic heterocycles. The van der Waals surface area contributed by atoms with Crippen molar-refractivity contribution in [3.8, 4) is 0 Å². The molecule has 0 saturated heterocycles. The third-order valence-electron chi connectivity index (χ3n) is 1.62. The summed E-state index contributed by atoms with van der Waals surface area (Å²) in [5.74, 6) is 0.274. The number of alkyl halides is 1. The van der Waals surface area contributed by atoms with E-state index >= 15 is 0 Å². The molecule has 0 bridgehead atoms. The third-order valence-corrected chi connectivity index (χ3v) is 3.29. The first-order valence-corrected chi connectivity index (χ1v) is 6.37. The molecule has 1 rings (SSSR count). The first kappa shape index (κ1) is 11.3. The van der Waals surface area contributed by atoms with E-state index in [1.54, 1.807) is 6.07 Å². The van der Waals surface area contributed by atoms with E-state index in [0.717, 1.165) is 12.1 Å². The highest BCUT2D eigenvalue weighted by Crippen LogP contribution is 2.08.